The van der Waals surface area contributed by atoms with Crippen LogP contribution in [0.15, 0.2) is 59.5 Å². The molecule has 0 aromatic heterocycles. The van der Waals surface area contributed by atoms with Crippen molar-refractivity contribution in [2.45, 2.75) is 57.0 Å². The van der Waals surface area contributed by atoms with Crippen molar-refractivity contribution in [1.29, 1.82) is 0 Å². The Morgan fingerprint density at radius 3 is 2.29 bits per heavy atom. The number of carbonyl (C=O) groups is 1. The molecule has 0 radical (unpaired) electrons. The van der Waals surface area contributed by atoms with Crippen molar-refractivity contribution in [1.82, 2.24) is 9.62 Å². The van der Waals surface area contributed by atoms with Crippen molar-refractivity contribution >= 4 is 21.8 Å². The van der Waals surface area contributed by atoms with Gasteiger partial charge in [0, 0.05) is 25.7 Å². The van der Waals surface area contributed by atoms with E-state index in [2.05, 4.69) is 5.32 Å². The Hall–Kier alpha value is -2.98. The minimum Gasteiger partial charge on any atom is -0.444 e. The van der Waals surface area contributed by atoms with Crippen molar-refractivity contribution in [2.24, 2.45) is 0 Å². The normalized spacial score (nSPS) is 11.9. The fourth-order valence-electron chi connectivity index (χ4n) is 3.31. The molecule has 0 saturated heterocycles. The van der Waals surface area contributed by atoms with Gasteiger partial charge in [0.25, 0.3) is 5.69 Å². The lowest BCUT2D eigenvalue weighted by molar-refractivity contribution is -0.387. The Kier molecular flexibility index (Phi) is 10.0. The molecule has 186 valence electrons. The van der Waals surface area contributed by atoms with Crippen molar-refractivity contribution in [3.63, 3.8) is 0 Å². The molecule has 10 heteroatoms. The number of para-hydroxylation sites is 1. The van der Waals surface area contributed by atoms with Crippen LogP contribution in [0.3, 0.4) is 0 Å². The number of rotatable bonds is 12. The predicted octanol–water partition coefficient (Wildman–Crippen LogP) is 4.52. The van der Waals surface area contributed by atoms with Crippen LogP contribution in [0.2, 0.25) is 0 Å². The van der Waals surface area contributed by atoms with E-state index in [1.54, 1.807) is 20.8 Å². The zero-order valence-electron chi connectivity index (χ0n) is 19.9. The maximum absolute atomic E-state index is 13.4. The van der Waals surface area contributed by atoms with Crippen LogP contribution >= 0.6 is 0 Å². The lowest BCUT2D eigenvalue weighted by atomic mass is 10.1. The average Bonchev–Trinajstić information content (AvgIpc) is 2.77. The molecule has 0 aliphatic heterocycles. The summed E-state index contributed by atoms with van der Waals surface area (Å²) in [6, 6.07) is 14.9. The van der Waals surface area contributed by atoms with E-state index in [-0.39, 0.29) is 18.0 Å². The lowest BCUT2D eigenvalue weighted by Crippen LogP contribution is -2.34. The van der Waals surface area contributed by atoms with Gasteiger partial charge in [-0.05, 0) is 51.7 Å². The maximum atomic E-state index is 13.4. The highest BCUT2D eigenvalue weighted by Gasteiger charge is 2.30. The minimum atomic E-state index is -4.07. The summed E-state index contributed by atoms with van der Waals surface area (Å²) in [5.41, 5.74) is -0.0295. The van der Waals surface area contributed by atoms with E-state index in [0.717, 1.165) is 5.56 Å². The van der Waals surface area contributed by atoms with Gasteiger partial charge in [-0.3, -0.25) is 10.1 Å². The van der Waals surface area contributed by atoms with E-state index in [4.69, 9.17) is 4.74 Å². The topological polar surface area (TPSA) is 119 Å². The van der Waals surface area contributed by atoms with Gasteiger partial charge in [-0.15, -0.1) is 0 Å². The number of ether oxygens (including phenoxy) is 1. The van der Waals surface area contributed by atoms with Gasteiger partial charge in [0.05, 0.1) is 4.92 Å². The zero-order chi connectivity index (χ0) is 25.2. The van der Waals surface area contributed by atoms with Crippen LogP contribution in [0.25, 0.3) is 0 Å². The Labute approximate surface area is 201 Å². The highest BCUT2D eigenvalue weighted by atomic mass is 32.2. The molecular weight excluding hydrogens is 458 g/mol. The first-order valence-corrected chi connectivity index (χ1v) is 12.7. The summed E-state index contributed by atoms with van der Waals surface area (Å²) < 4.78 is 33.2. The smallest absolute Gasteiger partial charge is 0.407 e. The number of nitrogens with one attached hydrogen (secondary N) is 1. The standard InChI is InChI=1S/C24H33N3O6S/c1-24(2,3)33-23(28)25-17-10-5-11-18-26(19-16-20-12-6-4-7-13-20)34(31,32)22-15-9-8-14-21(22)27(29)30/h4,6-9,12-15H,5,10-11,16-19H2,1-3H3,(H,25,28). The van der Waals surface area contributed by atoms with Crippen LogP contribution in [0.5, 0.6) is 0 Å². The number of unbranched alkanes of at least 4 members (excludes halogenated alkanes) is 2. The lowest BCUT2D eigenvalue weighted by Gasteiger charge is -2.22. The first kappa shape index (κ1) is 27.3. The van der Waals surface area contributed by atoms with Crippen LogP contribution in [0.1, 0.15) is 45.6 Å². The number of nitrogens with zero attached hydrogens (tertiary/aromatic N) is 2. The van der Waals surface area contributed by atoms with Crippen molar-refractivity contribution in [3.05, 3.63) is 70.3 Å². The summed E-state index contributed by atoms with van der Waals surface area (Å²) in [6.07, 6.45) is 1.86. The molecule has 9 nitrogen and oxygen atoms in total. The molecule has 0 aliphatic rings. The number of sulfonamides is 1. The Bertz CT molecular complexity index is 1050. The van der Waals surface area contributed by atoms with Crippen LogP contribution < -0.4 is 5.32 Å². The van der Waals surface area contributed by atoms with Crippen molar-refractivity contribution in [2.75, 3.05) is 19.6 Å². The molecule has 1 N–H and O–H groups in total. The second kappa shape index (κ2) is 12.5. The maximum Gasteiger partial charge on any atom is 0.407 e. The second-order valence-electron chi connectivity index (χ2n) is 8.85. The summed E-state index contributed by atoms with van der Waals surface area (Å²) in [5, 5.41) is 14.1. The molecule has 0 fully saturated rings. The molecule has 0 bridgehead atoms. The van der Waals surface area contributed by atoms with E-state index in [1.165, 1.54) is 28.6 Å². The van der Waals surface area contributed by atoms with E-state index < -0.39 is 32.3 Å². The molecule has 2 aromatic carbocycles. The zero-order valence-corrected chi connectivity index (χ0v) is 20.7. The van der Waals surface area contributed by atoms with E-state index in [9.17, 15) is 23.3 Å². The summed E-state index contributed by atoms with van der Waals surface area (Å²) in [6.45, 7) is 6.19. The number of alkyl carbamates (subject to hydrolysis) is 1. The summed E-state index contributed by atoms with van der Waals surface area (Å²) in [4.78, 5) is 22.2. The molecule has 0 unspecified atom stereocenters. The molecule has 0 atom stereocenters. The van der Waals surface area contributed by atoms with Crippen molar-refractivity contribution in [3.8, 4) is 0 Å². The Morgan fingerprint density at radius 1 is 1.00 bits per heavy atom. The molecule has 2 rings (SSSR count). The van der Waals surface area contributed by atoms with Gasteiger partial charge in [-0.25, -0.2) is 13.2 Å². The monoisotopic (exact) mass is 491 g/mol. The third-order valence-electron chi connectivity index (χ3n) is 4.92. The predicted molar refractivity (Wildman–Crippen MR) is 130 cm³/mol. The number of benzene rings is 2. The van der Waals surface area contributed by atoms with Crippen LogP contribution in [-0.4, -0.2) is 49.0 Å². The molecule has 1 amide bonds. The number of carbonyl (C=O) groups excluding carboxylic acids is 1. The summed E-state index contributed by atoms with van der Waals surface area (Å²) >= 11 is 0. The number of nitro benzene ring substituents is 1. The van der Waals surface area contributed by atoms with Crippen molar-refractivity contribution < 1.29 is 22.9 Å². The molecule has 0 spiro atoms. The number of nitro groups is 1. The largest absolute Gasteiger partial charge is 0.444 e. The Balaban J connectivity index is 2.03. The van der Waals surface area contributed by atoms with Gasteiger partial charge in [-0.1, -0.05) is 48.9 Å². The van der Waals surface area contributed by atoms with E-state index in [0.29, 0.717) is 32.2 Å². The number of hydrogen-bond donors (Lipinski definition) is 1. The minimum absolute atomic E-state index is 0.203. The fraction of sp³-hybridized carbons (Fsp3) is 0.458. The molecule has 0 saturated carbocycles. The van der Waals surface area contributed by atoms with Gasteiger partial charge in [-0.2, -0.15) is 4.31 Å². The third-order valence-corrected chi connectivity index (χ3v) is 6.87. The molecule has 0 heterocycles. The van der Waals surface area contributed by atoms with Crippen LogP contribution in [-0.2, 0) is 21.2 Å². The van der Waals surface area contributed by atoms with Gasteiger partial charge < -0.3 is 10.1 Å². The first-order chi connectivity index (χ1) is 16.0. The van der Waals surface area contributed by atoms with Gasteiger partial charge in [0.15, 0.2) is 4.90 Å². The first-order valence-electron chi connectivity index (χ1n) is 11.2. The van der Waals surface area contributed by atoms with Gasteiger partial charge in [0.2, 0.25) is 10.0 Å². The molecular formula is C24H33N3O6S. The Morgan fingerprint density at radius 2 is 1.65 bits per heavy atom. The van der Waals surface area contributed by atoms with Crippen LogP contribution in [0.4, 0.5) is 10.5 Å². The fourth-order valence-corrected chi connectivity index (χ4v) is 4.95. The summed E-state index contributed by atoms with van der Waals surface area (Å²) in [5.74, 6) is 0. The van der Waals surface area contributed by atoms with E-state index in [1.807, 2.05) is 30.3 Å². The van der Waals surface area contributed by atoms with Crippen LogP contribution in [0, 0.1) is 10.1 Å². The molecule has 2 aromatic rings. The van der Waals surface area contributed by atoms with E-state index >= 15 is 0 Å². The SMILES string of the molecule is CC(C)(C)OC(=O)NCCCCCN(CCc1ccccc1)S(=O)(=O)c1ccccc1[N+](=O)[O-]. The third kappa shape index (κ3) is 8.75. The van der Waals surface area contributed by atoms with Gasteiger partial charge >= 0.3 is 6.09 Å². The summed E-state index contributed by atoms with van der Waals surface area (Å²) in [7, 11) is -4.07. The average molecular weight is 492 g/mol. The second-order valence-corrected chi connectivity index (χ2v) is 10.8. The highest BCUT2D eigenvalue weighted by molar-refractivity contribution is 7.89. The quantitative estimate of drug-likeness (QED) is 0.265. The number of hydrogen-bond acceptors (Lipinski definition) is 6. The molecule has 34 heavy (non-hydrogen) atoms. The highest BCUT2D eigenvalue weighted by Crippen LogP contribution is 2.27. The molecule has 0 aliphatic carbocycles. The van der Waals surface area contributed by atoms with Gasteiger partial charge in [0.1, 0.15) is 5.60 Å². The number of amides is 1.